The second-order valence-corrected chi connectivity index (χ2v) is 1.45. The quantitative estimate of drug-likeness (QED) is 0.364. The largest absolute Gasteiger partial charge is 0.291 e. The third-order valence-corrected chi connectivity index (χ3v) is 0.756. The first-order chi connectivity index (χ1) is 3.83. The molecule has 0 saturated heterocycles. The van der Waals surface area contributed by atoms with E-state index in [4.69, 9.17) is 17.4 Å². The molecule has 1 rings (SSSR count). The molecule has 1 aromatic rings. The van der Waals surface area contributed by atoms with Gasteiger partial charge in [-0.2, -0.15) is 4.98 Å². The highest BCUT2D eigenvalue weighted by molar-refractivity contribution is 6.28. The van der Waals surface area contributed by atoms with E-state index in [0.29, 0.717) is 0 Å². The van der Waals surface area contributed by atoms with Gasteiger partial charge in [0.05, 0.1) is 0 Å². The predicted octanol–water partition coefficient (Wildman–Crippen LogP) is -0.256. The minimum Gasteiger partial charge on any atom is -0.291 e. The molecule has 8 heavy (non-hydrogen) atoms. The van der Waals surface area contributed by atoms with Crippen molar-refractivity contribution < 1.29 is 0 Å². The van der Waals surface area contributed by atoms with Crippen molar-refractivity contribution in [3.63, 3.8) is 0 Å². The second-order valence-electron chi connectivity index (χ2n) is 1.09. The van der Waals surface area contributed by atoms with Gasteiger partial charge in [-0.1, -0.05) is 0 Å². The van der Waals surface area contributed by atoms with Crippen molar-refractivity contribution in [3.05, 3.63) is 5.28 Å². The average Bonchev–Trinajstić information content (AvgIpc) is 2.14. The Morgan fingerprint density at radius 2 is 2.50 bits per heavy atom. The number of rotatable bonds is 1. The number of hydrogen-bond donors (Lipinski definition) is 3. The first kappa shape index (κ1) is 5.33. The van der Waals surface area contributed by atoms with E-state index in [1.165, 1.54) is 0 Å². The van der Waals surface area contributed by atoms with Crippen LogP contribution < -0.4 is 11.3 Å². The van der Waals surface area contributed by atoms with E-state index in [9.17, 15) is 0 Å². The number of halogens is 1. The molecule has 6 heteroatoms. The van der Waals surface area contributed by atoms with Gasteiger partial charge in [-0.25, -0.2) is 10.9 Å². The number of nitrogens with one attached hydrogen (secondary N) is 2. The summed E-state index contributed by atoms with van der Waals surface area (Å²) in [6, 6.07) is 0. The highest BCUT2D eigenvalue weighted by atomic mass is 35.5. The molecule has 44 valence electrons. The molecule has 0 aliphatic rings. The molecular formula is C2H4ClN5. The fraction of sp³-hybridized carbons (Fsp3) is 0. The van der Waals surface area contributed by atoms with Crippen LogP contribution in [0.3, 0.4) is 0 Å². The molecule has 0 saturated carbocycles. The minimum absolute atomic E-state index is 0.220. The number of H-pyrrole nitrogens is 1. The summed E-state index contributed by atoms with van der Waals surface area (Å²) in [7, 11) is 0. The number of aromatic amines is 1. The van der Waals surface area contributed by atoms with Crippen LogP contribution in [0.4, 0.5) is 5.95 Å². The molecule has 0 aliphatic heterocycles. The molecule has 5 nitrogen and oxygen atoms in total. The van der Waals surface area contributed by atoms with Crippen molar-refractivity contribution in [2.24, 2.45) is 5.84 Å². The third kappa shape index (κ3) is 0.877. The zero-order valence-corrected chi connectivity index (χ0v) is 4.61. The van der Waals surface area contributed by atoms with Gasteiger partial charge >= 0.3 is 0 Å². The zero-order valence-electron chi connectivity index (χ0n) is 3.85. The lowest BCUT2D eigenvalue weighted by atomic mass is 11.1. The lowest BCUT2D eigenvalue weighted by Gasteiger charge is -1.82. The Labute approximate surface area is 50.2 Å². The van der Waals surface area contributed by atoms with E-state index in [1.807, 2.05) is 0 Å². The SMILES string of the molecule is NNc1n[nH]c(Cl)n1. The van der Waals surface area contributed by atoms with Crippen LogP contribution in [0.2, 0.25) is 5.28 Å². The van der Waals surface area contributed by atoms with Gasteiger partial charge in [0.15, 0.2) is 0 Å². The van der Waals surface area contributed by atoms with Crippen LogP contribution in [-0.4, -0.2) is 15.2 Å². The molecule has 0 radical (unpaired) electrons. The van der Waals surface area contributed by atoms with Crippen molar-refractivity contribution in [1.82, 2.24) is 15.2 Å². The Balaban J connectivity index is 2.84. The van der Waals surface area contributed by atoms with Crippen LogP contribution in [0, 0.1) is 0 Å². The number of nitrogen functional groups attached to an aromatic ring is 1. The normalized spacial score (nSPS) is 9.25. The fourth-order valence-corrected chi connectivity index (χ4v) is 0.429. The van der Waals surface area contributed by atoms with Crippen LogP contribution in [0.15, 0.2) is 0 Å². The van der Waals surface area contributed by atoms with Crippen molar-refractivity contribution >= 4 is 17.5 Å². The molecular weight excluding hydrogens is 130 g/mol. The molecule has 0 fully saturated rings. The summed E-state index contributed by atoms with van der Waals surface area (Å²) in [5.74, 6) is 5.20. The van der Waals surface area contributed by atoms with E-state index in [2.05, 4.69) is 20.6 Å². The number of anilines is 1. The summed E-state index contributed by atoms with van der Waals surface area (Å²) in [5, 5.41) is 6.13. The Kier molecular flexibility index (Phi) is 1.32. The van der Waals surface area contributed by atoms with Crippen LogP contribution in [0.1, 0.15) is 0 Å². The highest BCUT2D eigenvalue weighted by Crippen LogP contribution is 1.99. The summed E-state index contributed by atoms with van der Waals surface area (Å²) in [6.07, 6.45) is 0. The van der Waals surface area contributed by atoms with Gasteiger partial charge in [-0.05, 0) is 11.6 Å². The first-order valence-corrected chi connectivity index (χ1v) is 2.25. The molecule has 0 bridgehead atoms. The Morgan fingerprint density at radius 3 is 2.75 bits per heavy atom. The van der Waals surface area contributed by atoms with Crippen LogP contribution in [0.25, 0.3) is 0 Å². The summed E-state index contributed by atoms with van der Waals surface area (Å²) in [6.45, 7) is 0. The Morgan fingerprint density at radius 1 is 1.75 bits per heavy atom. The summed E-state index contributed by atoms with van der Waals surface area (Å²) >= 11 is 5.31. The van der Waals surface area contributed by atoms with Gasteiger partial charge in [0.1, 0.15) is 0 Å². The van der Waals surface area contributed by atoms with Crippen molar-refractivity contribution in [1.29, 1.82) is 0 Å². The molecule has 4 N–H and O–H groups in total. The maximum atomic E-state index is 5.31. The topological polar surface area (TPSA) is 79.6 Å². The number of hydrogen-bond acceptors (Lipinski definition) is 4. The molecule has 0 amide bonds. The van der Waals surface area contributed by atoms with Crippen molar-refractivity contribution in [2.75, 3.05) is 5.43 Å². The molecule has 0 aliphatic carbocycles. The van der Waals surface area contributed by atoms with E-state index >= 15 is 0 Å². The number of nitrogens with zero attached hydrogens (tertiary/aromatic N) is 2. The fourth-order valence-electron chi connectivity index (χ4n) is 0.307. The van der Waals surface area contributed by atoms with Crippen molar-refractivity contribution in [2.45, 2.75) is 0 Å². The van der Waals surface area contributed by atoms with Crippen LogP contribution in [-0.2, 0) is 0 Å². The second kappa shape index (κ2) is 1.97. The maximum Gasteiger partial charge on any atom is 0.257 e. The Hall–Kier alpha value is -0.810. The molecule has 1 heterocycles. The molecule has 0 atom stereocenters. The molecule has 0 unspecified atom stereocenters. The minimum atomic E-state index is 0.220. The number of aromatic nitrogens is 3. The van der Waals surface area contributed by atoms with Gasteiger partial charge in [0, 0.05) is 0 Å². The number of nitrogens with two attached hydrogens (primary N) is 1. The smallest absolute Gasteiger partial charge is 0.257 e. The average molecular weight is 134 g/mol. The maximum absolute atomic E-state index is 5.31. The van der Waals surface area contributed by atoms with E-state index < -0.39 is 0 Å². The lowest BCUT2D eigenvalue weighted by Crippen LogP contribution is -2.07. The molecule has 0 spiro atoms. The summed E-state index contributed by atoms with van der Waals surface area (Å²) < 4.78 is 0. The number of hydrazine groups is 1. The summed E-state index contributed by atoms with van der Waals surface area (Å²) in [5.41, 5.74) is 2.21. The monoisotopic (exact) mass is 133 g/mol. The highest BCUT2D eigenvalue weighted by Gasteiger charge is 1.93. The van der Waals surface area contributed by atoms with Gasteiger partial charge in [-0.3, -0.25) is 5.43 Å². The standard InChI is InChI=1S/C2H4ClN5/c3-1-5-2(6-4)8-7-1/h4H2,(H2,5,6,7,8). The Bertz CT molecular complexity index is 171. The van der Waals surface area contributed by atoms with Gasteiger partial charge in [0.2, 0.25) is 5.28 Å². The third-order valence-electron chi connectivity index (χ3n) is 0.587. The molecule has 1 aromatic heterocycles. The van der Waals surface area contributed by atoms with Gasteiger partial charge in [0.25, 0.3) is 5.95 Å². The predicted molar refractivity (Wildman–Crippen MR) is 29.2 cm³/mol. The molecule has 0 aromatic carbocycles. The zero-order chi connectivity index (χ0) is 5.98. The first-order valence-electron chi connectivity index (χ1n) is 1.87. The lowest BCUT2D eigenvalue weighted by molar-refractivity contribution is 1.08. The van der Waals surface area contributed by atoms with Gasteiger partial charge in [-0.15, -0.1) is 5.10 Å². The van der Waals surface area contributed by atoms with Gasteiger partial charge < -0.3 is 0 Å². The summed E-state index contributed by atoms with van der Waals surface area (Å²) in [4.78, 5) is 3.59. The van der Waals surface area contributed by atoms with Crippen LogP contribution in [0.5, 0.6) is 0 Å². The van der Waals surface area contributed by atoms with Crippen molar-refractivity contribution in [3.8, 4) is 0 Å². The van der Waals surface area contributed by atoms with Crippen LogP contribution >= 0.6 is 11.6 Å². The van der Waals surface area contributed by atoms with E-state index in [-0.39, 0.29) is 11.2 Å². The van der Waals surface area contributed by atoms with E-state index in [0.717, 1.165) is 0 Å². The van der Waals surface area contributed by atoms with E-state index in [1.54, 1.807) is 0 Å².